The third kappa shape index (κ3) is 4.47. The molecule has 2 N–H and O–H groups in total. The summed E-state index contributed by atoms with van der Waals surface area (Å²) in [5.74, 6) is -1.86. The fourth-order valence-corrected chi connectivity index (χ4v) is 4.41. The number of hydrogen-bond donors (Lipinski definition) is 2. The fraction of sp³-hybridized carbons (Fsp3) is 0.462. The van der Waals surface area contributed by atoms with E-state index in [1.54, 1.807) is 0 Å². The molecule has 0 radical (unpaired) electrons. The molecule has 0 spiro atoms. The summed E-state index contributed by atoms with van der Waals surface area (Å²) in [6.45, 7) is -0.365. The summed E-state index contributed by atoms with van der Waals surface area (Å²) >= 11 is 0. The number of sulfone groups is 1. The molecule has 1 aliphatic rings. The van der Waals surface area contributed by atoms with Gasteiger partial charge in [-0.25, -0.2) is 8.42 Å². The molecule has 10 heteroatoms. The topological polar surface area (TPSA) is 138 Å². The summed E-state index contributed by atoms with van der Waals surface area (Å²) in [6.07, 6.45) is -1.16. The van der Waals surface area contributed by atoms with Crippen molar-refractivity contribution in [1.29, 1.82) is 0 Å². The minimum absolute atomic E-state index is 0.0710. The van der Waals surface area contributed by atoms with Crippen molar-refractivity contribution < 1.29 is 28.3 Å². The molecule has 0 aromatic heterocycles. The first-order valence-corrected chi connectivity index (χ1v) is 8.58. The molecule has 0 saturated carbocycles. The summed E-state index contributed by atoms with van der Waals surface area (Å²) in [4.78, 5) is 22.4. The van der Waals surface area contributed by atoms with Crippen LogP contribution < -0.4 is 0 Å². The van der Waals surface area contributed by atoms with Gasteiger partial charge in [0.15, 0.2) is 9.84 Å². The molecular weight excluding hydrogens is 328 g/mol. The Labute approximate surface area is 132 Å². The minimum atomic E-state index is -3.41. The van der Waals surface area contributed by atoms with Gasteiger partial charge in [0, 0.05) is 18.7 Å². The predicted molar refractivity (Wildman–Crippen MR) is 79.6 cm³/mol. The number of carboxylic acids is 1. The summed E-state index contributed by atoms with van der Waals surface area (Å²) < 4.78 is 23.2. The van der Waals surface area contributed by atoms with Crippen LogP contribution in [0.15, 0.2) is 24.3 Å². The van der Waals surface area contributed by atoms with Crippen LogP contribution >= 0.6 is 0 Å². The molecule has 0 bridgehead atoms. The van der Waals surface area contributed by atoms with Crippen LogP contribution in [-0.2, 0) is 21.2 Å². The monoisotopic (exact) mass is 344 g/mol. The molecule has 1 aromatic rings. The van der Waals surface area contributed by atoms with Crippen LogP contribution in [0.2, 0.25) is 0 Å². The molecule has 2 atom stereocenters. The SMILES string of the molecule is O=C(O)CN(Cc1ccc([N+](=O)[O-])cc1)[C@@H]1CS(=O)(=O)C[C@@H]1O. The van der Waals surface area contributed by atoms with Crippen molar-refractivity contribution in [3.05, 3.63) is 39.9 Å². The van der Waals surface area contributed by atoms with E-state index in [1.165, 1.54) is 29.2 Å². The Morgan fingerprint density at radius 3 is 2.35 bits per heavy atom. The molecule has 1 aliphatic heterocycles. The maximum absolute atomic E-state index is 11.6. The molecule has 23 heavy (non-hydrogen) atoms. The maximum Gasteiger partial charge on any atom is 0.317 e. The highest BCUT2D eigenvalue weighted by Crippen LogP contribution is 2.21. The second-order valence-electron chi connectivity index (χ2n) is 5.43. The van der Waals surface area contributed by atoms with Gasteiger partial charge in [-0.2, -0.15) is 0 Å². The lowest BCUT2D eigenvalue weighted by atomic mass is 10.1. The van der Waals surface area contributed by atoms with Gasteiger partial charge in [0.2, 0.25) is 0 Å². The Balaban J connectivity index is 2.19. The molecule has 126 valence electrons. The van der Waals surface area contributed by atoms with Gasteiger partial charge in [0.05, 0.1) is 35.1 Å². The lowest BCUT2D eigenvalue weighted by Crippen LogP contribution is -2.45. The highest BCUT2D eigenvalue weighted by atomic mass is 32.2. The molecule has 0 unspecified atom stereocenters. The van der Waals surface area contributed by atoms with Gasteiger partial charge in [-0.3, -0.25) is 19.8 Å². The number of aliphatic carboxylic acids is 1. The number of rotatable bonds is 6. The van der Waals surface area contributed by atoms with E-state index in [0.29, 0.717) is 5.56 Å². The average molecular weight is 344 g/mol. The molecule has 0 amide bonds. The van der Waals surface area contributed by atoms with Gasteiger partial charge >= 0.3 is 5.97 Å². The van der Waals surface area contributed by atoms with Gasteiger partial charge in [0.25, 0.3) is 5.69 Å². The first-order chi connectivity index (χ1) is 10.7. The van der Waals surface area contributed by atoms with E-state index < -0.39 is 45.2 Å². The zero-order valence-electron chi connectivity index (χ0n) is 12.0. The van der Waals surface area contributed by atoms with E-state index in [4.69, 9.17) is 5.11 Å². The number of aliphatic hydroxyl groups is 1. The summed E-state index contributed by atoms with van der Waals surface area (Å²) in [5.41, 5.74) is 0.496. The van der Waals surface area contributed by atoms with E-state index in [-0.39, 0.29) is 18.0 Å². The first kappa shape index (κ1) is 17.3. The Bertz CT molecular complexity index is 702. The van der Waals surface area contributed by atoms with Crippen LogP contribution in [0.3, 0.4) is 0 Å². The van der Waals surface area contributed by atoms with Crippen LogP contribution in [0.4, 0.5) is 5.69 Å². The zero-order valence-corrected chi connectivity index (χ0v) is 12.8. The minimum Gasteiger partial charge on any atom is -0.480 e. The smallest absolute Gasteiger partial charge is 0.317 e. The van der Waals surface area contributed by atoms with Crippen molar-refractivity contribution in [3.8, 4) is 0 Å². The van der Waals surface area contributed by atoms with Crippen molar-refractivity contribution in [1.82, 2.24) is 4.90 Å². The maximum atomic E-state index is 11.6. The van der Waals surface area contributed by atoms with Gasteiger partial charge in [-0.15, -0.1) is 0 Å². The average Bonchev–Trinajstić information content (AvgIpc) is 2.71. The highest BCUT2D eigenvalue weighted by Gasteiger charge is 2.40. The lowest BCUT2D eigenvalue weighted by Gasteiger charge is -2.28. The molecule has 0 aliphatic carbocycles. The van der Waals surface area contributed by atoms with E-state index in [0.717, 1.165) is 0 Å². The second kappa shape index (κ2) is 6.60. The number of carboxylic acid groups (broad SMARTS) is 1. The Hall–Kier alpha value is -2.04. The van der Waals surface area contributed by atoms with E-state index in [1.807, 2.05) is 0 Å². The first-order valence-electron chi connectivity index (χ1n) is 6.75. The van der Waals surface area contributed by atoms with Crippen molar-refractivity contribution >= 4 is 21.5 Å². The number of hydrogen-bond acceptors (Lipinski definition) is 7. The number of benzene rings is 1. The Morgan fingerprint density at radius 1 is 1.30 bits per heavy atom. The normalized spacial score (nSPS) is 23.0. The number of nitrogens with zero attached hydrogens (tertiary/aromatic N) is 2. The number of nitro benzene ring substituents is 1. The predicted octanol–water partition coefficient (Wildman–Crippen LogP) is -0.361. The number of aliphatic hydroxyl groups excluding tert-OH is 1. The van der Waals surface area contributed by atoms with Crippen LogP contribution in [-0.4, -0.2) is 64.6 Å². The molecule has 1 saturated heterocycles. The molecule has 1 aromatic carbocycles. The molecule has 2 rings (SSSR count). The Morgan fingerprint density at radius 2 is 1.91 bits per heavy atom. The largest absolute Gasteiger partial charge is 0.480 e. The van der Waals surface area contributed by atoms with Crippen LogP contribution in [0.5, 0.6) is 0 Å². The van der Waals surface area contributed by atoms with Crippen LogP contribution in [0, 0.1) is 10.1 Å². The summed E-state index contributed by atoms with van der Waals surface area (Å²) in [5, 5.41) is 29.5. The standard InChI is InChI=1S/C13H16N2O7S/c16-12-8-23(21,22)7-11(12)14(6-13(17)18)5-9-1-3-10(4-2-9)15(19)20/h1-4,11-12,16H,5-8H2,(H,17,18)/t11-,12+/m1/s1. The fourth-order valence-electron chi connectivity index (χ4n) is 2.58. The number of carbonyl (C=O) groups is 1. The highest BCUT2D eigenvalue weighted by molar-refractivity contribution is 7.91. The quantitative estimate of drug-likeness (QED) is 0.527. The van der Waals surface area contributed by atoms with Gasteiger partial charge in [-0.05, 0) is 5.56 Å². The van der Waals surface area contributed by atoms with Crippen molar-refractivity contribution in [2.45, 2.75) is 18.7 Å². The molecule has 1 fully saturated rings. The number of nitro groups is 1. The molecule has 9 nitrogen and oxygen atoms in total. The Kier molecular flexibility index (Phi) is 4.97. The van der Waals surface area contributed by atoms with Gasteiger partial charge in [-0.1, -0.05) is 12.1 Å². The van der Waals surface area contributed by atoms with Crippen molar-refractivity contribution in [3.63, 3.8) is 0 Å². The summed E-state index contributed by atoms with van der Waals surface area (Å²) in [7, 11) is -3.41. The van der Waals surface area contributed by atoms with Crippen LogP contribution in [0.25, 0.3) is 0 Å². The zero-order chi connectivity index (χ0) is 17.2. The molecular formula is C13H16N2O7S. The van der Waals surface area contributed by atoms with Gasteiger partial charge in [0.1, 0.15) is 0 Å². The van der Waals surface area contributed by atoms with Gasteiger partial charge < -0.3 is 10.2 Å². The second-order valence-corrected chi connectivity index (χ2v) is 7.59. The van der Waals surface area contributed by atoms with Crippen LogP contribution in [0.1, 0.15) is 5.56 Å². The lowest BCUT2D eigenvalue weighted by molar-refractivity contribution is -0.384. The van der Waals surface area contributed by atoms with E-state index >= 15 is 0 Å². The molecule has 1 heterocycles. The van der Waals surface area contributed by atoms with E-state index in [2.05, 4.69) is 0 Å². The third-order valence-corrected chi connectivity index (χ3v) is 5.33. The van der Waals surface area contributed by atoms with E-state index in [9.17, 15) is 28.4 Å². The summed E-state index contributed by atoms with van der Waals surface area (Å²) in [6, 6.07) is 4.71. The van der Waals surface area contributed by atoms with Crippen molar-refractivity contribution in [2.24, 2.45) is 0 Å². The third-order valence-electron chi connectivity index (χ3n) is 3.63. The van der Waals surface area contributed by atoms with Crippen molar-refractivity contribution in [2.75, 3.05) is 18.1 Å². The number of non-ortho nitro benzene ring substituents is 1.